The van der Waals surface area contributed by atoms with E-state index in [2.05, 4.69) is 19.9 Å². The third-order valence-electron chi connectivity index (χ3n) is 6.63. The first-order valence-corrected chi connectivity index (χ1v) is 11.2. The minimum Gasteiger partial charge on any atom is -0.481 e. The molecule has 1 saturated heterocycles. The van der Waals surface area contributed by atoms with Crippen molar-refractivity contribution in [2.75, 3.05) is 31.7 Å². The van der Waals surface area contributed by atoms with Crippen LogP contribution in [0.1, 0.15) is 47.5 Å². The summed E-state index contributed by atoms with van der Waals surface area (Å²) in [4.78, 5) is 24.7. The number of hydrogen-bond acceptors (Lipinski definition) is 8. The van der Waals surface area contributed by atoms with Crippen LogP contribution in [0.4, 0.5) is 19.1 Å². The molecular weight excluding hydrogens is 449 g/mol. The van der Waals surface area contributed by atoms with Crippen LogP contribution >= 0.6 is 0 Å². The first kappa shape index (κ1) is 22.7. The number of anilines is 1. The number of nitrogens with zero attached hydrogens (tertiary/aromatic N) is 6. The van der Waals surface area contributed by atoms with Crippen LogP contribution in [0.15, 0.2) is 18.3 Å². The number of aromatic nitrogens is 5. The van der Waals surface area contributed by atoms with Gasteiger partial charge in [-0.3, -0.25) is 0 Å². The van der Waals surface area contributed by atoms with E-state index in [1.165, 1.54) is 0 Å². The van der Waals surface area contributed by atoms with Gasteiger partial charge in [0.15, 0.2) is 5.65 Å². The first-order valence-electron chi connectivity index (χ1n) is 11.2. The van der Waals surface area contributed by atoms with Crippen molar-refractivity contribution < 1.29 is 22.6 Å². The van der Waals surface area contributed by atoms with Crippen LogP contribution in [-0.4, -0.2) is 57.9 Å². The van der Waals surface area contributed by atoms with Gasteiger partial charge < -0.3 is 14.4 Å². The Labute approximate surface area is 194 Å². The van der Waals surface area contributed by atoms with E-state index in [1.807, 2.05) is 30.9 Å². The Hall–Kier alpha value is -3.08. The Morgan fingerprint density at radius 2 is 1.85 bits per heavy atom. The first-order chi connectivity index (χ1) is 16.2. The second-order valence-corrected chi connectivity index (χ2v) is 8.82. The van der Waals surface area contributed by atoms with Crippen molar-refractivity contribution in [3.05, 3.63) is 41.0 Å². The maximum Gasteiger partial charge on any atom is 0.391 e. The summed E-state index contributed by atoms with van der Waals surface area (Å²) in [6.07, 6.45) is -2.77. The minimum absolute atomic E-state index is 0.00615. The molecule has 8 nitrogen and oxygen atoms in total. The molecule has 34 heavy (non-hydrogen) atoms. The van der Waals surface area contributed by atoms with E-state index in [1.54, 1.807) is 13.3 Å². The quantitative estimate of drug-likeness (QED) is 0.559. The van der Waals surface area contributed by atoms with Crippen LogP contribution in [0.25, 0.3) is 11.2 Å². The van der Waals surface area contributed by atoms with Crippen LogP contribution in [0, 0.1) is 19.8 Å². The molecule has 1 aliphatic carbocycles. The molecule has 0 radical (unpaired) electrons. The highest BCUT2D eigenvalue weighted by molar-refractivity contribution is 5.75. The highest BCUT2D eigenvalue weighted by Crippen LogP contribution is 2.50. The summed E-state index contributed by atoms with van der Waals surface area (Å²) >= 11 is 0. The molecular formula is C23H25F3N6O2. The lowest BCUT2D eigenvalue weighted by Gasteiger charge is -2.37. The van der Waals surface area contributed by atoms with Gasteiger partial charge in [0.1, 0.15) is 11.6 Å². The molecule has 2 aliphatic rings. The van der Waals surface area contributed by atoms with E-state index in [0.29, 0.717) is 48.4 Å². The second-order valence-electron chi connectivity index (χ2n) is 8.82. The Balaban J connectivity index is 1.49. The van der Waals surface area contributed by atoms with E-state index in [4.69, 9.17) is 14.5 Å². The molecule has 0 amide bonds. The fourth-order valence-electron chi connectivity index (χ4n) is 4.43. The van der Waals surface area contributed by atoms with Crippen molar-refractivity contribution in [2.45, 2.75) is 44.9 Å². The molecule has 0 bridgehead atoms. The molecule has 0 spiro atoms. The van der Waals surface area contributed by atoms with Gasteiger partial charge in [-0.2, -0.15) is 18.2 Å². The van der Waals surface area contributed by atoms with Gasteiger partial charge in [0, 0.05) is 24.7 Å². The molecule has 0 N–H and O–H groups in total. The van der Waals surface area contributed by atoms with E-state index >= 15 is 0 Å². The highest BCUT2D eigenvalue weighted by Gasteiger charge is 2.49. The normalized spacial score (nSPS) is 23.1. The number of pyridine rings is 1. The molecule has 0 aromatic carbocycles. The van der Waals surface area contributed by atoms with Crippen LogP contribution < -0.4 is 9.64 Å². The Morgan fingerprint density at radius 1 is 1.09 bits per heavy atom. The van der Waals surface area contributed by atoms with Crippen molar-refractivity contribution in [3.63, 3.8) is 0 Å². The van der Waals surface area contributed by atoms with Crippen molar-refractivity contribution in [2.24, 2.45) is 5.92 Å². The zero-order valence-corrected chi connectivity index (χ0v) is 19.1. The van der Waals surface area contributed by atoms with Gasteiger partial charge in [-0.05, 0) is 38.3 Å². The number of rotatable bonds is 4. The Bertz CT molecular complexity index is 1220. The summed E-state index contributed by atoms with van der Waals surface area (Å²) in [6, 6.07) is 3.69. The maximum absolute atomic E-state index is 13.2. The lowest BCUT2D eigenvalue weighted by Crippen LogP contribution is -2.40. The van der Waals surface area contributed by atoms with Crippen LogP contribution in [0.3, 0.4) is 0 Å². The summed E-state index contributed by atoms with van der Waals surface area (Å²) in [7, 11) is 1.55. The summed E-state index contributed by atoms with van der Waals surface area (Å²) in [5.74, 6) is -0.703. The lowest BCUT2D eigenvalue weighted by atomic mass is 9.72. The van der Waals surface area contributed by atoms with Crippen molar-refractivity contribution >= 4 is 17.1 Å². The predicted octanol–water partition coefficient (Wildman–Crippen LogP) is 4.07. The van der Waals surface area contributed by atoms with Gasteiger partial charge >= 0.3 is 6.18 Å². The molecule has 2 fully saturated rings. The molecule has 180 valence electrons. The number of alkyl halides is 3. The van der Waals surface area contributed by atoms with Gasteiger partial charge in [0.25, 0.3) is 0 Å². The van der Waals surface area contributed by atoms with E-state index in [0.717, 1.165) is 17.0 Å². The zero-order valence-electron chi connectivity index (χ0n) is 19.1. The number of aryl methyl sites for hydroxylation is 2. The smallest absolute Gasteiger partial charge is 0.391 e. The minimum atomic E-state index is -4.19. The molecule has 4 heterocycles. The summed E-state index contributed by atoms with van der Waals surface area (Å²) in [5, 5.41) is 0. The monoisotopic (exact) mass is 474 g/mol. The summed E-state index contributed by atoms with van der Waals surface area (Å²) in [5.41, 5.74) is 3.80. The number of hydrogen-bond donors (Lipinski definition) is 0. The number of halogens is 3. The van der Waals surface area contributed by atoms with Gasteiger partial charge in [0.05, 0.1) is 43.3 Å². The SMILES string of the molecule is COc1cc(C2CN(c3nc(C4CC(C(F)(F)F)C4)c4nc(C)c(C)nc4n3)CCO2)ccn1. The predicted molar refractivity (Wildman–Crippen MR) is 118 cm³/mol. The topological polar surface area (TPSA) is 86.2 Å². The molecule has 3 aromatic heterocycles. The Kier molecular flexibility index (Phi) is 5.75. The molecule has 1 saturated carbocycles. The maximum atomic E-state index is 13.2. The van der Waals surface area contributed by atoms with E-state index in [-0.39, 0.29) is 24.9 Å². The fourth-order valence-corrected chi connectivity index (χ4v) is 4.43. The Morgan fingerprint density at radius 3 is 2.59 bits per heavy atom. The van der Waals surface area contributed by atoms with Crippen LogP contribution in [0.2, 0.25) is 0 Å². The second kappa shape index (κ2) is 8.61. The molecule has 3 aromatic rings. The van der Waals surface area contributed by atoms with E-state index in [9.17, 15) is 13.2 Å². The fraction of sp³-hybridized carbons (Fsp3) is 0.522. The van der Waals surface area contributed by atoms with Crippen molar-refractivity contribution in [1.82, 2.24) is 24.9 Å². The van der Waals surface area contributed by atoms with Gasteiger partial charge in [0.2, 0.25) is 11.8 Å². The molecule has 5 rings (SSSR count). The van der Waals surface area contributed by atoms with Gasteiger partial charge in [-0.15, -0.1) is 0 Å². The average molecular weight is 474 g/mol. The number of fused-ring (bicyclic) bond motifs is 1. The molecule has 11 heteroatoms. The number of ether oxygens (including phenoxy) is 2. The van der Waals surface area contributed by atoms with Crippen LogP contribution in [-0.2, 0) is 4.74 Å². The lowest BCUT2D eigenvalue weighted by molar-refractivity contribution is -0.197. The molecule has 1 unspecified atom stereocenters. The average Bonchev–Trinajstić information content (AvgIpc) is 2.78. The van der Waals surface area contributed by atoms with Crippen LogP contribution in [0.5, 0.6) is 5.88 Å². The standard InChI is InChI=1S/C23H25F3N6O2/c1-12-13(2)29-21-20(28-12)19(15-8-16(9-15)23(24,25)26)30-22(31-21)32-6-7-34-17(11-32)14-4-5-27-18(10-14)33-3/h4-5,10,15-17H,6-9,11H2,1-3H3. The molecule has 1 atom stereocenters. The highest BCUT2D eigenvalue weighted by atomic mass is 19.4. The van der Waals surface area contributed by atoms with E-state index < -0.39 is 12.1 Å². The third kappa shape index (κ3) is 4.24. The zero-order chi connectivity index (χ0) is 24.0. The number of morpholine rings is 1. The van der Waals surface area contributed by atoms with Gasteiger partial charge in [-0.25, -0.2) is 19.9 Å². The molecule has 1 aliphatic heterocycles. The number of methoxy groups -OCH3 is 1. The largest absolute Gasteiger partial charge is 0.481 e. The summed E-state index contributed by atoms with van der Waals surface area (Å²) < 4.78 is 50.6. The van der Waals surface area contributed by atoms with Crippen molar-refractivity contribution in [3.8, 4) is 5.88 Å². The van der Waals surface area contributed by atoms with Gasteiger partial charge in [-0.1, -0.05) is 0 Å². The third-order valence-corrected chi connectivity index (χ3v) is 6.63. The summed E-state index contributed by atoms with van der Waals surface area (Å²) in [6.45, 7) is 5.15. The van der Waals surface area contributed by atoms with Crippen molar-refractivity contribution in [1.29, 1.82) is 0 Å².